The molecule has 0 aliphatic heterocycles. The van der Waals surface area contributed by atoms with Crippen molar-refractivity contribution < 1.29 is 13.2 Å². The van der Waals surface area contributed by atoms with Crippen molar-refractivity contribution in [3.05, 3.63) is 46.5 Å². The molecular formula is C18H23N3O3S2. The molecule has 0 aliphatic rings. The number of carbonyl (C=O) groups is 1. The lowest BCUT2D eigenvalue weighted by atomic mass is 10.2. The van der Waals surface area contributed by atoms with Gasteiger partial charge in [-0.2, -0.15) is 4.31 Å². The van der Waals surface area contributed by atoms with Gasteiger partial charge in [-0.25, -0.2) is 13.4 Å². The molecule has 0 aliphatic carbocycles. The molecule has 1 aromatic heterocycles. The Hall–Kier alpha value is -2.03. The number of benzene rings is 1. The Kier molecular flexibility index (Phi) is 6.69. The molecule has 26 heavy (non-hydrogen) atoms. The van der Waals surface area contributed by atoms with Gasteiger partial charge >= 0.3 is 0 Å². The second-order valence-corrected chi connectivity index (χ2v) is 8.78. The molecule has 2 aromatic rings. The summed E-state index contributed by atoms with van der Waals surface area (Å²) in [7, 11) is -3.47. The first kappa shape index (κ1) is 20.3. The zero-order valence-electron chi connectivity index (χ0n) is 15.3. The molecule has 0 unspecified atom stereocenters. The highest BCUT2D eigenvalue weighted by Crippen LogP contribution is 2.21. The second kappa shape index (κ2) is 8.57. The SMILES string of the molecule is CCN(CC)S(=O)(=O)c1ccc(/C=C/C(=O)Nc2nc(C)c(C)s2)cc1. The molecule has 0 saturated carbocycles. The Morgan fingerprint density at radius 3 is 2.31 bits per heavy atom. The van der Waals surface area contributed by atoms with Gasteiger partial charge in [0.1, 0.15) is 0 Å². The number of hydrogen-bond acceptors (Lipinski definition) is 5. The first-order valence-corrected chi connectivity index (χ1v) is 10.6. The number of thiazole rings is 1. The van der Waals surface area contributed by atoms with E-state index in [4.69, 9.17) is 0 Å². The number of sulfonamides is 1. The van der Waals surface area contributed by atoms with Crippen LogP contribution in [-0.2, 0) is 14.8 Å². The number of aromatic nitrogens is 1. The minimum atomic E-state index is -3.47. The molecule has 1 N–H and O–H groups in total. The summed E-state index contributed by atoms with van der Waals surface area (Å²) < 4.78 is 26.3. The normalized spacial score (nSPS) is 12.0. The lowest BCUT2D eigenvalue weighted by Crippen LogP contribution is -2.30. The van der Waals surface area contributed by atoms with E-state index in [1.54, 1.807) is 30.3 Å². The topological polar surface area (TPSA) is 79.4 Å². The van der Waals surface area contributed by atoms with Crippen LogP contribution in [0.3, 0.4) is 0 Å². The summed E-state index contributed by atoms with van der Waals surface area (Å²) in [4.78, 5) is 17.5. The summed E-state index contributed by atoms with van der Waals surface area (Å²) in [6.45, 7) is 8.31. The molecule has 0 spiro atoms. The van der Waals surface area contributed by atoms with Crippen LogP contribution in [0.2, 0.25) is 0 Å². The molecule has 6 nitrogen and oxygen atoms in total. The number of carbonyl (C=O) groups excluding carboxylic acids is 1. The number of hydrogen-bond donors (Lipinski definition) is 1. The van der Waals surface area contributed by atoms with Crippen molar-refractivity contribution in [3.63, 3.8) is 0 Å². The van der Waals surface area contributed by atoms with Crippen LogP contribution in [-0.4, -0.2) is 36.7 Å². The van der Waals surface area contributed by atoms with E-state index < -0.39 is 10.0 Å². The van der Waals surface area contributed by atoms with Gasteiger partial charge in [-0.1, -0.05) is 26.0 Å². The maximum absolute atomic E-state index is 12.4. The third-order valence-corrected chi connectivity index (χ3v) is 6.96. The van der Waals surface area contributed by atoms with Crippen molar-refractivity contribution in [3.8, 4) is 0 Å². The molecule has 1 amide bonds. The van der Waals surface area contributed by atoms with Crippen LogP contribution in [0, 0.1) is 13.8 Å². The van der Waals surface area contributed by atoms with E-state index >= 15 is 0 Å². The average Bonchev–Trinajstić information content (AvgIpc) is 2.91. The van der Waals surface area contributed by atoms with Crippen molar-refractivity contribution in [2.45, 2.75) is 32.6 Å². The van der Waals surface area contributed by atoms with E-state index in [2.05, 4.69) is 10.3 Å². The monoisotopic (exact) mass is 393 g/mol. The van der Waals surface area contributed by atoms with Gasteiger partial charge in [0, 0.05) is 24.0 Å². The molecule has 1 heterocycles. The van der Waals surface area contributed by atoms with E-state index in [0.29, 0.717) is 18.2 Å². The summed E-state index contributed by atoms with van der Waals surface area (Å²) in [5.74, 6) is -0.279. The molecular weight excluding hydrogens is 370 g/mol. The van der Waals surface area contributed by atoms with Gasteiger partial charge in [0.05, 0.1) is 10.6 Å². The van der Waals surface area contributed by atoms with Crippen LogP contribution < -0.4 is 5.32 Å². The van der Waals surface area contributed by atoms with E-state index in [1.165, 1.54) is 21.7 Å². The zero-order chi connectivity index (χ0) is 19.3. The molecule has 0 bridgehead atoms. The van der Waals surface area contributed by atoms with Gasteiger partial charge in [0.25, 0.3) is 0 Å². The molecule has 1 aromatic carbocycles. The lowest BCUT2D eigenvalue weighted by molar-refractivity contribution is -0.111. The van der Waals surface area contributed by atoms with E-state index in [1.807, 2.05) is 27.7 Å². The number of aryl methyl sites for hydroxylation is 2. The van der Waals surface area contributed by atoms with E-state index in [9.17, 15) is 13.2 Å². The summed E-state index contributed by atoms with van der Waals surface area (Å²) in [6, 6.07) is 6.47. The Morgan fingerprint density at radius 1 is 1.19 bits per heavy atom. The fraction of sp³-hybridized carbons (Fsp3) is 0.333. The molecule has 8 heteroatoms. The fourth-order valence-corrected chi connectivity index (χ4v) is 4.58. The molecule has 0 atom stereocenters. The number of nitrogens with zero attached hydrogens (tertiary/aromatic N) is 2. The van der Waals surface area contributed by atoms with Crippen molar-refractivity contribution in [2.24, 2.45) is 0 Å². The predicted molar refractivity (Wildman–Crippen MR) is 106 cm³/mol. The van der Waals surface area contributed by atoms with Gasteiger partial charge in [-0.3, -0.25) is 10.1 Å². The smallest absolute Gasteiger partial charge is 0.250 e. The number of rotatable bonds is 7. The van der Waals surface area contributed by atoms with Crippen LogP contribution in [0.25, 0.3) is 6.08 Å². The van der Waals surface area contributed by atoms with Crippen LogP contribution in [0.4, 0.5) is 5.13 Å². The molecule has 0 radical (unpaired) electrons. The summed E-state index contributed by atoms with van der Waals surface area (Å²) in [6.07, 6.45) is 3.04. The van der Waals surface area contributed by atoms with Crippen LogP contribution in [0.1, 0.15) is 30.0 Å². The number of amides is 1. The molecule has 140 valence electrons. The number of nitrogens with one attached hydrogen (secondary N) is 1. The van der Waals surface area contributed by atoms with Crippen LogP contribution in [0.5, 0.6) is 0 Å². The van der Waals surface area contributed by atoms with Gasteiger partial charge in [-0.05, 0) is 37.6 Å². The van der Waals surface area contributed by atoms with Gasteiger partial charge in [0.2, 0.25) is 15.9 Å². The maximum Gasteiger partial charge on any atom is 0.250 e. The third-order valence-electron chi connectivity index (χ3n) is 3.91. The first-order valence-electron chi connectivity index (χ1n) is 8.31. The first-order chi connectivity index (χ1) is 12.3. The molecule has 0 saturated heterocycles. The standard InChI is InChI=1S/C18H23N3O3S2/c1-5-21(6-2)26(23,24)16-10-7-15(8-11-16)9-12-17(22)20-18-19-13(3)14(4)25-18/h7-12H,5-6H2,1-4H3,(H,19,20,22)/b12-9+. The Balaban J connectivity index is 2.06. The quantitative estimate of drug-likeness (QED) is 0.731. The second-order valence-electron chi connectivity index (χ2n) is 5.64. The predicted octanol–water partition coefficient (Wildman–Crippen LogP) is 3.44. The summed E-state index contributed by atoms with van der Waals surface area (Å²) in [5, 5.41) is 3.28. The van der Waals surface area contributed by atoms with E-state index in [0.717, 1.165) is 16.1 Å². The van der Waals surface area contributed by atoms with Crippen LogP contribution in [0.15, 0.2) is 35.2 Å². The maximum atomic E-state index is 12.4. The highest BCUT2D eigenvalue weighted by Gasteiger charge is 2.20. The highest BCUT2D eigenvalue weighted by atomic mass is 32.2. The Morgan fingerprint density at radius 2 is 1.81 bits per heavy atom. The third kappa shape index (κ3) is 4.78. The zero-order valence-corrected chi connectivity index (χ0v) is 16.9. The molecule has 0 fully saturated rings. The van der Waals surface area contributed by atoms with Gasteiger partial charge < -0.3 is 0 Å². The highest BCUT2D eigenvalue weighted by molar-refractivity contribution is 7.89. The van der Waals surface area contributed by atoms with Crippen molar-refractivity contribution >= 4 is 38.5 Å². The fourth-order valence-electron chi connectivity index (χ4n) is 2.31. The van der Waals surface area contributed by atoms with Gasteiger partial charge in [0.15, 0.2) is 5.13 Å². The Bertz CT molecular complexity index is 877. The minimum absolute atomic E-state index is 0.247. The van der Waals surface area contributed by atoms with Crippen molar-refractivity contribution in [1.29, 1.82) is 0 Å². The lowest BCUT2D eigenvalue weighted by Gasteiger charge is -2.18. The van der Waals surface area contributed by atoms with Crippen molar-refractivity contribution in [1.82, 2.24) is 9.29 Å². The number of anilines is 1. The average molecular weight is 394 g/mol. The van der Waals surface area contributed by atoms with Crippen molar-refractivity contribution in [2.75, 3.05) is 18.4 Å². The minimum Gasteiger partial charge on any atom is -0.298 e. The van der Waals surface area contributed by atoms with Crippen LogP contribution >= 0.6 is 11.3 Å². The largest absolute Gasteiger partial charge is 0.298 e. The molecule has 2 rings (SSSR count). The van der Waals surface area contributed by atoms with Gasteiger partial charge in [-0.15, -0.1) is 11.3 Å². The Labute approximate surface area is 158 Å². The summed E-state index contributed by atoms with van der Waals surface area (Å²) in [5.41, 5.74) is 1.64. The summed E-state index contributed by atoms with van der Waals surface area (Å²) >= 11 is 1.43. The van der Waals surface area contributed by atoms with E-state index in [-0.39, 0.29) is 10.8 Å².